The van der Waals surface area contributed by atoms with Gasteiger partial charge in [-0.3, -0.25) is 9.69 Å². The third-order valence-corrected chi connectivity index (χ3v) is 6.71. The third kappa shape index (κ3) is 3.78. The summed E-state index contributed by atoms with van der Waals surface area (Å²) in [5.41, 5.74) is 4.18. The molecule has 2 aliphatic heterocycles. The number of nitrogens with zero attached hydrogens (tertiary/aromatic N) is 5. The van der Waals surface area contributed by atoms with E-state index in [4.69, 9.17) is 4.52 Å². The number of hydrogen-bond acceptors (Lipinski definition) is 6. The Labute approximate surface area is 182 Å². The fraction of sp³-hybridized carbons (Fsp3) is 0.458. The first kappa shape index (κ1) is 20.0. The van der Waals surface area contributed by atoms with Crippen LogP contribution in [0.15, 0.2) is 45.8 Å². The maximum atomic E-state index is 13.3. The van der Waals surface area contributed by atoms with E-state index in [0.717, 1.165) is 54.5 Å². The molecule has 1 saturated heterocycles. The van der Waals surface area contributed by atoms with E-state index < -0.39 is 0 Å². The molecule has 0 unspecified atom stereocenters. The van der Waals surface area contributed by atoms with Crippen LogP contribution >= 0.6 is 0 Å². The third-order valence-electron chi connectivity index (χ3n) is 6.71. The van der Waals surface area contributed by atoms with Gasteiger partial charge in [0.25, 0.3) is 5.56 Å². The molecule has 31 heavy (non-hydrogen) atoms. The molecule has 3 aromatic heterocycles. The van der Waals surface area contributed by atoms with Gasteiger partial charge in [0.05, 0.1) is 5.69 Å². The van der Waals surface area contributed by atoms with Gasteiger partial charge >= 0.3 is 0 Å². The molecule has 0 spiro atoms. The zero-order valence-electron chi connectivity index (χ0n) is 18.4. The summed E-state index contributed by atoms with van der Waals surface area (Å²) in [7, 11) is 2.04. The summed E-state index contributed by atoms with van der Waals surface area (Å²) in [6.45, 7) is 7.87. The lowest BCUT2D eigenvalue weighted by Crippen LogP contribution is -2.48. The van der Waals surface area contributed by atoms with E-state index in [9.17, 15) is 4.79 Å². The summed E-state index contributed by atoms with van der Waals surface area (Å²) in [5, 5.41) is 4.04. The van der Waals surface area contributed by atoms with Gasteiger partial charge in [-0.05, 0) is 51.4 Å². The molecule has 7 heteroatoms. The van der Waals surface area contributed by atoms with Crippen molar-refractivity contribution in [2.24, 2.45) is 5.92 Å². The van der Waals surface area contributed by atoms with Gasteiger partial charge in [-0.25, -0.2) is 4.98 Å². The van der Waals surface area contributed by atoms with Crippen LogP contribution in [-0.2, 0) is 19.6 Å². The fourth-order valence-corrected chi connectivity index (χ4v) is 5.18. The molecule has 5 heterocycles. The zero-order chi connectivity index (χ0) is 21.5. The predicted molar refractivity (Wildman–Crippen MR) is 119 cm³/mol. The fourth-order valence-electron chi connectivity index (χ4n) is 5.18. The molecule has 3 aromatic rings. The smallest absolute Gasteiger partial charge is 0.255 e. The molecule has 2 bridgehead atoms. The van der Waals surface area contributed by atoms with Crippen LogP contribution in [0.1, 0.15) is 40.6 Å². The lowest BCUT2D eigenvalue weighted by Gasteiger charge is -2.43. The molecule has 2 aliphatic rings. The Bertz CT molecular complexity index is 1120. The number of pyridine rings is 2. The van der Waals surface area contributed by atoms with Crippen LogP contribution in [0.4, 0.5) is 5.82 Å². The standard InChI is InChI=1S/C24H29N5O2/c1-16-21(17(2)31-26-16)15-27(3)13-19-7-8-22-20-10-18(12-29(22)24(19)30)11-28(14-20)23-6-4-5-9-25-23/h4-9,18,20H,10-15H2,1-3H3/t18-,20+/m0/s1. The number of hydrogen-bond donors (Lipinski definition) is 0. The molecule has 5 rings (SSSR count). The number of aromatic nitrogens is 3. The Morgan fingerprint density at radius 1 is 1.13 bits per heavy atom. The Kier molecular flexibility index (Phi) is 5.14. The second-order valence-corrected chi connectivity index (χ2v) is 9.07. The maximum absolute atomic E-state index is 13.3. The highest BCUT2D eigenvalue weighted by molar-refractivity contribution is 5.40. The molecule has 0 aromatic carbocycles. The summed E-state index contributed by atoms with van der Waals surface area (Å²) in [6.07, 6.45) is 3.00. The minimum Gasteiger partial charge on any atom is -0.361 e. The highest BCUT2D eigenvalue weighted by Crippen LogP contribution is 2.36. The number of fused-ring (bicyclic) bond motifs is 4. The van der Waals surface area contributed by atoms with E-state index in [1.54, 1.807) is 0 Å². The average Bonchev–Trinajstić information content (AvgIpc) is 3.08. The Balaban J connectivity index is 1.35. The van der Waals surface area contributed by atoms with E-state index in [2.05, 4.69) is 32.1 Å². The molecular weight excluding hydrogens is 390 g/mol. The van der Waals surface area contributed by atoms with Crippen LogP contribution in [0, 0.1) is 19.8 Å². The van der Waals surface area contributed by atoms with Crippen molar-refractivity contribution in [2.75, 3.05) is 25.0 Å². The number of piperidine rings is 1. The van der Waals surface area contributed by atoms with E-state index in [1.807, 2.05) is 49.9 Å². The van der Waals surface area contributed by atoms with Crippen LogP contribution in [0.25, 0.3) is 0 Å². The van der Waals surface area contributed by atoms with Crippen LogP contribution in [0.5, 0.6) is 0 Å². The maximum Gasteiger partial charge on any atom is 0.255 e. The average molecular weight is 420 g/mol. The van der Waals surface area contributed by atoms with Gasteiger partial charge in [-0.15, -0.1) is 0 Å². The second kappa shape index (κ2) is 7.96. The normalized spacial score (nSPS) is 20.2. The first-order valence-electron chi connectivity index (χ1n) is 11.0. The molecule has 0 aliphatic carbocycles. The predicted octanol–water partition coefficient (Wildman–Crippen LogP) is 3.10. The van der Waals surface area contributed by atoms with Crippen LogP contribution in [-0.4, -0.2) is 39.7 Å². The van der Waals surface area contributed by atoms with Crippen LogP contribution in [0.3, 0.4) is 0 Å². The first-order valence-corrected chi connectivity index (χ1v) is 11.0. The molecule has 1 fully saturated rings. The van der Waals surface area contributed by atoms with Crippen molar-refractivity contribution in [3.05, 3.63) is 75.2 Å². The number of rotatable bonds is 5. The van der Waals surface area contributed by atoms with Gasteiger partial charge in [0.15, 0.2) is 0 Å². The quantitative estimate of drug-likeness (QED) is 0.633. The van der Waals surface area contributed by atoms with Crippen molar-refractivity contribution < 1.29 is 4.52 Å². The minimum absolute atomic E-state index is 0.157. The van der Waals surface area contributed by atoms with Crippen LogP contribution in [0.2, 0.25) is 0 Å². The van der Waals surface area contributed by atoms with E-state index in [0.29, 0.717) is 24.9 Å². The number of aryl methyl sites for hydroxylation is 2. The van der Waals surface area contributed by atoms with Gasteiger partial charge in [-0.1, -0.05) is 17.3 Å². The van der Waals surface area contributed by atoms with Gasteiger partial charge in [0, 0.05) is 61.7 Å². The monoisotopic (exact) mass is 419 g/mol. The molecule has 162 valence electrons. The van der Waals surface area contributed by atoms with Crippen molar-refractivity contribution in [3.63, 3.8) is 0 Å². The van der Waals surface area contributed by atoms with Gasteiger partial charge in [-0.2, -0.15) is 0 Å². The molecule has 0 amide bonds. The SMILES string of the molecule is Cc1noc(C)c1CN(C)Cc1ccc2n(c1=O)C[C@H]1C[C@@H]2CN(c2ccccn2)C1. The van der Waals surface area contributed by atoms with Crippen molar-refractivity contribution >= 4 is 5.82 Å². The van der Waals surface area contributed by atoms with E-state index >= 15 is 0 Å². The molecule has 0 radical (unpaired) electrons. The number of anilines is 1. The van der Waals surface area contributed by atoms with Crippen molar-refractivity contribution in [1.82, 2.24) is 19.6 Å². The van der Waals surface area contributed by atoms with Crippen LogP contribution < -0.4 is 10.5 Å². The topological polar surface area (TPSA) is 67.4 Å². The van der Waals surface area contributed by atoms with Gasteiger partial charge < -0.3 is 14.0 Å². The highest BCUT2D eigenvalue weighted by Gasteiger charge is 2.35. The summed E-state index contributed by atoms with van der Waals surface area (Å²) < 4.78 is 7.31. The van der Waals surface area contributed by atoms with Gasteiger partial charge in [0.1, 0.15) is 11.6 Å². The lowest BCUT2D eigenvalue weighted by atomic mass is 9.83. The molecule has 7 nitrogen and oxygen atoms in total. The van der Waals surface area contributed by atoms with Crippen molar-refractivity contribution in [1.29, 1.82) is 0 Å². The van der Waals surface area contributed by atoms with E-state index in [1.165, 1.54) is 5.69 Å². The molecule has 0 N–H and O–H groups in total. The second-order valence-electron chi connectivity index (χ2n) is 9.07. The summed E-state index contributed by atoms with van der Waals surface area (Å²) in [5.74, 6) is 2.72. The largest absolute Gasteiger partial charge is 0.361 e. The Morgan fingerprint density at radius 2 is 2.00 bits per heavy atom. The highest BCUT2D eigenvalue weighted by atomic mass is 16.5. The molecule has 0 saturated carbocycles. The Hall–Kier alpha value is -2.93. The van der Waals surface area contributed by atoms with Crippen molar-refractivity contribution in [2.45, 2.75) is 45.8 Å². The molecular formula is C24H29N5O2. The van der Waals surface area contributed by atoms with E-state index in [-0.39, 0.29) is 5.56 Å². The summed E-state index contributed by atoms with van der Waals surface area (Å²) >= 11 is 0. The minimum atomic E-state index is 0.157. The van der Waals surface area contributed by atoms with Crippen molar-refractivity contribution in [3.8, 4) is 0 Å². The zero-order valence-corrected chi connectivity index (χ0v) is 18.4. The summed E-state index contributed by atoms with van der Waals surface area (Å²) in [6, 6.07) is 10.3. The first-order chi connectivity index (χ1) is 15.0. The Morgan fingerprint density at radius 3 is 2.74 bits per heavy atom. The molecule has 2 atom stereocenters. The summed E-state index contributed by atoms with van der Waals surface area (Å²) in [4.78, 5) is 22.4. The van der Waals surface area contributed by atoms with Gasteiger partial charge in [0.2, 0.25) is 0 Å². The lowest BCUT2D eigenvalue weighted by molar-refractivity contribution is 0.275.